The van der Waals surface area contributed by atoms with E-state index >= 15 is 0 Å². The quantitative estimate of drug-likeness (QED) is 0.565. The smallest absolute Gasteiger partial charge is 0.261 e. The number of nitrogens with one attached hydrogen (secondary N) is 1. The van der Waals surface area contributed by atoms with Gasteiger partial charge in [-0.25, -0.2) is 8.78 Å². The average Bonchev–Trinajstić information content (AvgIpc) is 2.08. The van der Waals surface area contributed by atoms with E-state index in [9.17, 15) is 13.6 Å². The summed E-state index contributed by atoms with van der Waals surface area (Å²) >= 11 is 3.26. The lowest BCUT2D eigenvalue weighted by Gasteiger charge is -2.06. The van der Waals surface area contributed by atoms with E-state index in [1.165, 1.54) is 0 Å². The van der Waals surface area contributed by atoms with Gasteiger partial charge in [0.1, 0.15) is 6.61 Å². The van der Waals surface area contributed by atoms with Gasteiger partial charge < -0.3 is 10.1 Å². The van der Waals surface area contributed by atoms with E-state index in [0.717, 1.165) is 0 Å². The minimum Gasteiger partial charge on any atom is -0.375 e. The zero-order chi connectivity index (χ0) is 11.0. The summed E-state index contributed by atoms with van der Waals surface area (Å²) in [5.41, 5.74) is 0. The molecule has 0 aromatic carbocycles. The van der Waals surface area contributed by atoms with E-state index in [2.05, 4.69) is 26.0 Å². The summed E-state index contributed by atoms with van der Waals surface area (Å²) < 4.78 is 27.7. The highest BCUT2D eigenvalue weighted by Gasteiger charge is 2.05. The lowest BCUT2D eigenvalue weighted by Crippen LogP contribution is -2.29. The number of alkyl halides is 3. The van der Waals surface area contributed by atoms with E-state index in [4.69, 9.17) is 0 Å². The highest BCUT2D eigenvalue weighted by Crippen LogP contribution is 1.95. The molecule has 84 valence electrons. The normalized spacial score (nSPS) is 12.9. The maximum absolute atomic E-state index is 11.6. The lowest BCUT2D eigenvalue weighted by molar-refractivity contribution is -0.122. The molecular weight excluding hydrogens is 260 g/mol. The molecule has 0 aromatic rings. The van der Waals surface area contributed by atoms with Gasteiger partial charge in [-0.2, -0.15) is 0 Å². The number of rotatable bonds is 7. The first-order valence-electron chi connectivity index (χ1n) is 4.29. The van der Waals surface area contributed by atoms with Crippen LogP contribution < -0.4 is 5.32 Å². The minimum atomic E-state index is -2.47. The van der Waals surface area contributed by atoms with E-state index in [0.29, 0.717) is 6.54 Å². The predicted octanol–water partition coefficient (Wildman–Crippen LogP) is 1.56. The van der Waals surface area contributed by atoms with Crippen molar-refractivity contribution in [2.45, 2.75) is 24.6 Å². The summed E-state index contributed by atoms with van der Waals surface area (Å²) in [7, 11) is 0. The van der Waals surface area contributed by atoms with Crippen molar-refractivity contribution in [1.29, 1.82) is 0 Å². The Bertz CT molecular complexity index is 167. The minimum absolute atomic E-state index is 0.0346. The van der Waals surface area contributed by atoms with Gasteiger partial charge in [0, 0.05) is 17.8 Å². The third kappa shape index (κ3) is 9.85. The number of ether oxygens (including phenoxy) is 1. The van der Waals surface area contributed by atoms with Crippen LogP contribution in [-0.2, 0) is 9.53 Å². The Morgan fingerprint density at radius 3 is 2.71 bits per heavy atom. The predicted molar refractivity (Wildman–Crippen MR) is 52.8 cm³/mol. The second kappa shape index (κ2) is 8.11. The number of hydrogen-bond acceptors (Lipinski definition) is 2. The molecule has 0 heterocycles. The molecule has 0 aliphatic carbocycles. The Hall–Kier alpha value is -0.230. The first kappa shape index (κ1) is 13.8. The second-order valence-corrected chi connectivity index (χ2v) is 4.36. The summed E-state index contributed by atoms with van der Waals surface area (Å²) in [5.74, 6) is -0.189. The fourth-order valence-electron chi connectivity index (χ4n) is 0.680. The van der Waals surface area contributed by atoms with Crippen LogP contribution in [0.2, 0.25) is 0 Å². The molecule has 0 rings (SSSR count). The van der Waals surface area contributed by atoms with Gasteiger partial charge in [0.2, 0.25) is 5.91 Å². The molecule has 1 unspecified atom stereocenters. The van der Waals surface area contributed by atoms with Crippen molar-refractivity contribution in [1.82, 2.24) is 5.32 Å². The molecule has 3 nitrogen and oxygen atoms in total. The molecular formula is C8H14BrF2NO2. The van der Waals surface area contributed by atoms with Crippen molar-refractivity contribution in [2.75, 3.05) is 19.8 Å². The van der Waals surface area contributed by atoms with Crippen LogP contribution in [-0.4, -0.2) is 36.9 Å². The van der Waals surface area contributed by atoms with Gasteiger partial charge in [-0.05, 0) is 0 Å². The first-order valence-corrected chi connectivity index (χ1v) is 5.20. The molecule has 0 fully saturated rings. The van der Waals surface area contributed by atoms with Crippen molar-refractivity contribution in [3.05, 3.63) is 0 Å². The highest BCUT2D eigenvalue weighted by atomic mass is 79.9. The van der Waals surface area contributed by atoms with Gasteiger partial charge >= 0.3 is 0 Å². The van der Waals surface area contributed by atoms with E-state index in [1.807, 2.05) is 6.92 Å². The summed E-state index contributed by atoms with van der Waals surface area (Å²) in [5, 5.41) is 2.62. The maximum atomic E-state index is 11.6. The van der Waals surface area contributed by atoms with Crippen LogP contribution in [0.3, 0.4) is 0 Å². The molecule has 1 N–H and O–H groups in total. The van der Waals surface area contributed by atoms with Crippen LogP contribution in [0.5, 0.6) is 0 Å². The highest BCUT2D eigenvalue weighted by molar-refractivity contribution is 9.09. The van der Waals surface area contributed by atoms with E-state index in [-0.39, 0.29) is 23.8 Å². The molecule has 0 aliphatic rings. The molecule has 0 radical (unpaired) electrons. The van der Waals surface area contributed by atoms with Crippen molar-refractivity contribution in [3.8, 4) is 0 Å². The van der Waals surface area contributed by atoms with Gasteiger partial charge in [-0.15, -0.1) is 0 Å². The van der Waals surface area contributed by atoms with Crippen molar-refractivity contribution in [3.63, 3.8) is 0 Å². The van der Waals surface area contributed by atoms with Gasteiger partial charge in [-0.1, -0.05) is 22.9 Å². The number of amides is 1. The Labute approximate surface area is 90.3 Å². The fourth-order valence-corrected chi connectivity index (χ4v) is 0.842. The summed E-state index contributed by atoms with van der Waals surface area (Å²) in [6.07, 6.45) is -2.35. The lowest BCUT2D eigenvalue weighted by atomic mass is 10.4. The molecule has 14 heavy (non-hydrogen) atoms. The Morgan fingerprint density at radius 1 is 1.57 bits per heavy atom. The topological polar surface area (TPSA) is 38.3 Å². The van der Waals surface area contributed by atoms with Crippen LogP contribution in [0, 0.1) is 0 Å². The van der Waals surface area contributed by atoms with Gasteiger partial charge in [0.05, 0.1) is 6.61 Å². The molecule has 0 aliphatic heterocycles. The third-order valence-electron chi connectivity index (χ3n) is 1.30. The average molecular weight is 274 g/mol. The van der Waals surface area contributed by atoms with E-state index in [1.54, 1.807) is 0 Å². The molecule has 0 spiro atoms. The van der Waals surface area contributed by atoms with Crippen molar-refractivity contribution in [2.24, 2.45) is 0 Å². The van der Waals surface area contributed by atoms with Crippen LogP contribution in [0.4, 0.5) is 8.78 Å². The maximum Gasteiger partial charge on any atom is 0.261 e. The van der Waals surface area contributed by atoms with Crippen LogP contribution >= 0.6 is 15.9 Å². The summed E-state index contributed by atoms with van der Waals surface area (Å²) in [6, 6.07) is 0. The van der Waals surface area contributed by atoms with Crippen LogP contribution in [0.1, 0.15) is 13.3 Å². The zero-order valence-corrected chi connectivity index (χ0v) is 9.52. The molecule has 0 bridgehead atoms. The SMILES string of the molecule is CC(Br)CNC(=O)CCOCC(F)F. The van der Waals surface area contributed by atoms with Crippen LogP contribution in [0.15, 0.2) is 0 Å². The van der Waals surface area contributed by atoms with Crippen molar-refractivity contribution >= 4 is 21.8 Å². The first-order chi connectivity index (χ1) is 6.52. The number of carbonyl (C=O) groups is 1. The van der Waals surface area contributed by atoms with E-state index < -0.39 is 13.0 Å². The monoisotopic (exact) mass is 273 g/mol. The Balaban J connectivity index is 3.27. The summed E-state index contributed by atoms with van der Waals surface area (Å²) in [6.45, 7) is 1.84. The number of halogens is 3. The second-order valence-electron chi connectivity index (χ2n) is 2.80. The third-order valence-corrected chi connectivity index (χ3v) is 1.62. The van der Waals surface area contributed by atoms with Gasteiger partial charge in [0.15, 0.2) is 0 Å². The largest absolute Gasteiger partial charge is 0.375 e. The molecule has 0 aromatic heterocycles. The molecule has 6 heteroatoms. The molecule has 0 saturated carbocycles. The number of hydrogen-bond donors (Lipinski definition) is 1. The van der Waals surface area contributed by atoms with Gasteiger partial charge in [-0.3, -0.25) is 4.79 Å². The molecule has 1 atom stereocenters. The summed E-state index contributed by atoms with van der Waals surface area (Å²) in [4.78, 5) is 11.2. The molecule has 1 amide bonds. The molecule has 0 saturated heterocycles. The fraction of sp³-hybridized carbons (Fsp3) is 0.875. The number of carbonyl (C=O) groups excluding carboxylic acids is 1. The zero-order valence-electron chi connectivity index (χ0n) is 7.93. The standard InChI is InChI=1S/C8H14BrF2NO2/c1-6(9)4-12-8(13)2-3-14-5-7(10)11/h6-7H,2-5H2,1H3,(H,12,13). The Kier molecular flexibility index (Phi) is 7.98. The Morgan fingerprint density at radius 2 is 2.21 bits per heavy atom. The van der Waals surface area contributed by atoms with Crippen LogP contribution in [0.25, 0.3) is 0 Å². The van der Waals surface area contributed by atoms with Gasteiger partial charge in [0.25, 0.3) is 6.43 Å². The van der Waals surface area contributed by atoms with Crippen molar-refractivity contribution < 1.29 is 18.3 Å².